The molecule has 11 nitrogen and oxygen atoms in total. The van der Waals surface area contributed by atoms with Gasteiger partial charge in [0.05, 0.1) is 16.9 Å². The van der Waals surface area contributed by atoms with Gasteiger partial charge in [0, 0.05) is 25.6 Å². The van der Waals surface area contributed by atoms with Gasteiger partial charge in [-0.2, -0.15) is 0 Å². The SMILES string of the molecule is Cc1nc(NCCN(C)CCCCCCC(=O)NO)cc(Nc2ncc(C(=O)Nc3c(C)cccc3Cl)s2)n1. The summed E-state index contributed by atoms with van der Waals surface area (Å²) in [6, 6.07) is 7.26. The van der Waals surface area contributed by atoms with E-state index in [1.165, 1.54) is 17.5 Å². The van der Waals surface area contributed by atoms with Gasteiger partial charge in [-0.05, 0) is 51.9 Å². The van der Waals surface area contributed by atoms with Crippen molar-refractivity contribution in [2.45, 2.75) is 46.0 Å². The standard InChI is InChI=1S/C26H35ClN8O3S/c1-17-9-8-10-19(27)24(17)33-25(37)20-16-29-26(39-20)32-22-15-21(30-18(2)31-22)28-12-14-35(3)13-7-5-4-6-11-23(36)34-38/h8-10,15-16,38H,4-7,11-14H2,1-3H3,(H,33,37)(H,34,36)(H2,28,29,30,31,32). The molecule has 0 saturated carbocycles. The number of carbonyl (C=O) groups excluding carboxylic acids is 2. The zero-order valence-corrected chi connectivity index (χ0v) is 24.0. The molecule has 210 valence electrons. The highest BCUT2D eigenvalue weighted by Crippen LogP contribution is 2.28. The molecular weight excluding hydrogens is 540 g/mol. The largest absolute Gasteiger partial charge is 0.369 e. The Morgan fingerprint density at radius 1 is 1.08 bits per heavy atom. The maximum atomic E-state index is 12.7. The van der Waals surface area contributed by atoms with Crippen molar-refractivity contribution < 1.29 is 14.8 Å². The monoisotopic (exact) mass is 574 g/mol. The summed E-state index contributed by atoms with van der Waals surface area (Å²) < 4.78 is 0. The van der Waals surface area contributed by atoms with Crippen LogP contribution in [-0.4, -0.2) is 63.6 Å². The summed E-state index contributed by atoms with van der Waals surface area (Å²) in [5.41, 5.74) is 3.12. The fourth-order valence-corrected chi connectivity index (χ4v) is 4.78. The van der Waals surface area contributed by atoms with Gasteiger partial charge in [-0.3, -0.25) is 14.8 Å². The van der Waals surface area contributed by atoms with Crippen molar-refractivity contribution in [3.05, 3.63) is 51.7 Å². The number of para-hydroxylation sites is 1. The Morgan fingerprint density at radius 2 is 1.85 bits per heavy atom. The van der Waals surface area contributed by atoms with Crippen LogP contribution in [0.3, 0.4) is 0 Å². The molecule has 0 aliphatic rings. The topological polar surface area (TPSA) is 144 Å². The lowest BCUT2D eigenvalue weighted by Gasteiger charge is -2.17. The highest BCUT2D eigenvalue weighted by molar-refractivity contribution is 7.17. The minimum Gasteiger partial charge on any atom is -0.369 e. The van der Waals surface area contributed by atoms with Crippen LogP contribution < -0.4 is 21.4 Å². The predicted octanol–water partition coefficient (Wildman–Crippen LogP) is 5.00. The Hall–Kier alpha value is -3.32. The minimum atomic E-state index is -0.333. The second-order valence-corrected chi connectivity index (χ2v) is 10.6. The van der Waals surface area contributed by atoms with E-state index in [1.54, 1.807) is 11.5 Å². The van der Waals surface area contributed by atoms with Crippen LogP contribution in [0.25, 0.3) is 0 Å². The maximum absolute atomic E-state index is 12.7. The molecule has 0 radical (unpaired) electrons. The number of anilines is 4. The van der Waals surface area contributed by atoms with Crippen LogP contribution >= 0.6 is 22.9 Å². The van der Waals surface area contributed by atoms with Gasteiger partial charge in [-0.25, -0.2) is 20.4 Å². The lowest BCUT2D eigenvalue weighted by Crippen LogP contribution is -2.26. The highest BCUT2D eigenvalue weighted by Gasteiger charge is 2.14. The molecule has 0 atom stereocenters. The Bertz CT molecular complexity index is 1240. The predicted molar refractivity (Wildman–Crippen MR) is 155 cm³/mol. The smallest absolute Gasteiger partial charge is 0.267 e. The fraction of sp³-hybridized carbons (Fsp3) is 0.423. The van der Waals surface area contributed by atoms with Crippen LogP contribution in [0, 0.1) is 13.8 Å². The summed E-state index contributed by atoms with van der Waals surface area (Å²) in [6.45, 7) is 6.22. The van der Waals surface area contributed by atoms with Gasteiger partial charge in [-0.15, -0.1) is 0 Å². The van der Waals surface area contributed by atoms with Crippen molar-refractivity contribution in [1.82, 2.24) is 25.3 Å². The van der Waals surface area contributed by atoms with E-state index in [-0.39, 0.29) is 11.8 Å². The van der Waals surface area contributed by atoms with Crippen molar-refractivity contribution in [3.63, 3.8) is 0 Å². The number of hydrogen-bond donors (Lipinski definition) is 5. The molecule has 0 saturated heterocycles. The number of thiazole rings is 1. The molecule has 1 aromatic carbocycles. The second-order valence-electron chi connectivity index (χ2n) is 9.16. The molecular formula is C26H35ClN8O3S. The van der Waals surface area contributed by atoms with E-state index in [9.17, 15) is 9.59 Å². The summed E-state index contributed by atoms with van der Waals surface area (Å²) in [4.78, 5) is 39.6. The molecule has 0 aliphatic heterocycles. The number of nitrogens with one attached hydrogen (secondary N) is 4. The number of hydrogen-bond acceptors (Lipinski definition) is 10. The molecule has 2 heterocycles. The van der Waals surface area contributed by atoms with Crippen LogP contribution in [0.1, 0.15) is 53.2 Å². The number of benzene rings is 1. The summed E-state index contributed by atoms with van der Waals surface area (Å²) in [6.07, 6.45) is 5.69. The van der Waals surface area contributed by atoms with Crippen molar-refractivity contribution in [2.24, 2.45) is 0 Å². The summed E-state index contributed by atoms with van der Waals surface area (Å²) in [7, 11) is 2.07. The number of amides is 2. The lowest BCUT2D eigenvalue weighted by atomic mass is 10.1. The maximum Gasteiger partial charge on any atom is 0.267 e. The number of aryl methyl sites for hydroxylation is 2. The van der Waals surface area contributed by atoms with Gasteiger partial charge in [0.2, 0.25) is 5.91 Å². The van der Waals surface area contributed by atoms with Gasteiger partial charge < -0.3 is 20.9 Å². The van der Waals surface area contributed by atoms with Gasteiger partial charge in [0.1, 0.15) is 22.3 Å². The Balaban J connectivity index is 1.45. The molecule has 2 aromatic heterocycles. The van der Waals surface area contributed by atoms with Crippen LogP contribution in [0.5, 0.6) is 0 Å². The normalized spacial score (nSPS) is 10.9. The molecule has 3 aromatic rings. The number of nitrogens with zero attached hydrogens (tertiary/aromatic N) is 4. The van der Waals surface area contributed by atoms with Crippen molar-refractivity contribution in [3.8, 4) is 0 Å². The molecule has 0 unspecified atom stereocenters. The molecule has 13 heteroatoms. The number of carbonyl (C=O) groups is 2. The quantitative estimate of drug-likeness (QED) is 0.0961. The van der Waals surface area contributed by atoms with Gasteiger partial charge >= 0.3 is 0 Å². The Labute approximate surface area is 237 Å². The van der Waals surface area contributed by atoms with Crippen molar-refractivity contribution in [2.75, 3.05) is 42.6 Å². The van der Waals surface area contributed by atoms with E-state index in [1.807, 2.05) is 32.0 Å². The van der Waals surface area contributed by atoms with Crippen LogP contribution in [0.2, 0.25) is 5.02 Å². The summed E-state index contributed by atoms with van der Waals surface area (Å²) in [5, 5.41) is 18.9. The zero-order valence-electron chi connectivity index (χ0n) is 22.4. The summed E-state index contributed by atoms with van der Waals surface area (Å²) >= 11 is 7.45. The van der Waals surface area contributed by atoms with E-state index in [0.717, 1.165) is 44.3 Å². The lowest BCUT2D eigenvalue weighted by molar-refractivity contribution is -0.129. The Kier molecular flexibility index (Phi) is 11.9. The number of hydroxylamine groups is 1. The van der Waals surface area contributed by atoms with E-state index < -0.39 is 0 Å². The Morgan fingerprint density at radius 3 is 2.62 bits per heavy atom. The third-order valence-corrected chi connectivity index (χ3v) is 7.11. The van der Waals surface area contributed by atoms with Crippen molar-refractivity contribution >= 4 is 57.2 Å². The first-order valence-corrected chi connectivity index (χ1v) is 13.9. The molecule has 0 spiro atoms. The van der Waals surface area contributed by atoms with E-state index in [0.29, 0.717) is 51.1 Å². The first-order chi connectivity index (χ1) is 18.7. The molecule has 39 heavy (non-hydrogen) atoms. The number of rotatable bonds is 15. The first-order valence-electron chi connectivity index (χ1n) is 12.8. The molecule has 0 aliphatic carbocycles. The van der Waals surface area contributed by atoms with Gasteiger partial charge in [0.15, 0.2) is 5.13 Å². The van der Waals surface area contributed by atoms with Crippen LogP contribution in [-0.2, 0) is 4.79 Å². The number of halogens is 1. The molecule has 0 bridgehead atoms. The van der Waals surface area contributed by atoms with Crippen molar-refractivity contribution in [1.29, 1.82) is 0 Å². The minimum absolute atomic E-state index is 0.281. The molecule has 0 fully saturated rings. The van der Waals surface area contributed by atoms with E-state index in [4.69, 9.17) is 16.8 Å². The third-order valence-electron chi connectivity index (χ3n) is 5.88. The number of unbranched alkanes of at least 4 members (excludes halogenated alkanes) is 3. The average molecular weight is 575 g/mol. The second kappa shape index (κ2) is 15.3. The zero-order chi connectivity index (χ0) is 28.2. The van der Waals surface area contributed by atoms with Gasteiger partial charge in [-0.1, -0.05) is 47.9 Å². The van der Waals surface area contributed by atoms with Crippen LogP contribution in [0.4, 0.5) is 22.5 Å². The molecule has 5 N–H and O–H groups in total. The molecule has 2 amide bonds. The highest BCUT2D eigenvalue weighted by atomic mass is 35.5. The van der Waals surface area contributed by atoms with Gasteiger partial charge in [0.25, 0.3) is 5.91 Å². The average Bonchev–Trinajstić information content (AvgIpc) is 3.36. The van der Waals surface area contributed by atoms with E-state index in [2.05, 4.69) is 42.8 Å². The van der Waals surface area contributed by atoms with Crippen LogP contribution in [0.15, 0.2) is 30.5 Å². The summed E-state index contributed by atoms with van der Waals surface area (Å²) in [5.74, 6) is 1.27. The van der Waals surface area contributed by atoms with E-state index >= 15 is 0 Å². The third kappa shape index (κ3) is 10.1. The fourth-order valence-electron chi connectivity index (χ4n) is 3.80. The number of aromatic nitrogens is 3. The molecule has 3 rings (SSSR count). The number of likely N-dealkylation sites (N-methyl/N-ethyl adjacent to an activating group) is 1. The first kappa shape index (κ1) is 30.2.